The third-order valence-corrected chi connectivity index (χ3v) is 5.28. The maximum atomic E-state index is 9.15. The number of nitrogens with one attached hydrogen (secondary N) is 1. The average Bonchev–Trinajstić information content (AvgIpc) is 3.16. The first-order valence-electron chi connectivity index (χ1n) is 9.43. The van der Waals surface area contributed by atoms with Crippen LogP contribution in [0.3, 0.4) is 0 Å². The summed E-state index contributed by atoms with van der Waals surface area (Å²) >= 11 is 0. The van der Waals surface area contributed by atoms with E-state index in [1.54, 1.807) is 0 Å². The van der Waals surface area contributed by atoms with Crippen molar-refractivity contribution in [2.24, 2.45) is 0 Å². The number of rotatable bonds is 7. The Labute approximate surface area is 159 Å². The first-order chi connectivity index (χ1) is 13.3. The van der Waals surface area contributed by atoms with Crippen molar-refractivity contribution >= 4 is 0 Å². The van der Waals surface area contributed by atoms with Crippen LogP contribution in [-0.2, 0) is 12.0 Å². The zero-order valence-electron chi connectivity index (χ0n) is 15.2. The normalized spacial score (nSPS) is 15.1. The summed E-state index contributed by atoms with van der Waals surface area (Å²) in [6, 6.07) is 20.1. The van der Waals surface area contributed by atoms with E-state index in [-0.39, 0.29) is 5.54 Å². The highest BCUT2D eigenvalue weighted by molar-refractivity contribution is 5.53. The molecule has 1 fully saturated rings. The Kier molecular flexibility index (Phi) is 4.99. The average molecular weight is 358 g/mol. The van der Waals surface area contributed by atoms with Gasteiger partial charge < -0.3 is 9.84 Å². The number of aryl methyl sites for hydroxylation is 1. The highest BCUT2D eigenvalue weighted by Crippen LogP contribution is 2.41. The Balaban J connectivity index is 1.33. The van der Waals surface area contributed by atoms with Gasteiger partial charge in [-0.05, 0) is 49.9 Å². The molecule has 2 aromatic carbocycles. The van der Waals surface area contributed by atoms with Gasteiger partial charge in [-0.2, -0.15) is 10.2 Å². The minimum absolute atomic E-state index is 0.0108. The molecule has 1 aromatic heterocycles. The molecule has 0 spiro atoms. The van der Waals surface area contributed by atoms with Crippen molar-refractivity contribution in [3.63, 3.8) is 0 Å². The standard InChI is InChI=1S/C22H22N4O/c23-16-17-7-4-10-19(15-17)22(12-6-13-22)24-14-5-11-20-25-21(26-27-20)18-8-2-1-3-9-18/h1-4,7-10,15,24H,5-6,11-14H2. The van der Waals surface area contributed by atoms with Gasteiger partial charge in [0.2, 0.25) is 11.7 Å². The Bertz CT molecular complexity index is 938. The van der Waals surface area contributed by atoms with Gasteiger partial charge in [-0.25, -0.2) is 0 Å². The summed E-state index contributed by atoms with van der Waals surface area (Å²) in [5, 5.41) is 16.9. The summed E-state index contributed by atoms with van der Waals surface area (Å²) in [7, 11) is 0. The molecule has 1 saturated carbocycles. The van der Waals surface area contributed by atoms with Crippen LogP contribution in [0.15, 0.2) is 59.1 Å². The number of hydrogen-bond donors (Lipinski definition) is 1. The second kappa shape index (κ2) is 7.73. The Morgan fingerprint density at radius 2 is 1.96 bits per heavy atom. The lowest BCUT2D eigenvalue weighted by molar-refractivity contribution is 0.185. The third kappa shape index (κ3) is 3.76. The smallest absolute Gasteiger partial charge is 0.227 e. The van der Waals surface area contributed by atoms with Crippen molar-refractivity contribution in [1.29, 1.82) is 5.26 Å². The van der Waals surface area contributed by atoms with Gasteiger partial charge in [0.15, 0.2) is 0 Å². The van der Waals surface area contributed by atoms with Crippen molar-refractivity contribution in [3.8, 4) is 17.5 Å². The molecular weight excluding hydrogens is 336 g/mol. The lowest BCUT2D eigenvalue weighted by Crippen LogP contribution is -2.48. The van der Waals surface area contributed by atoms with E-state index in [1.807, 2.05) is 48.5 Å². The number of hydrogen-bond acceptors (Lipinski definition) is 5. The maximum Gasteiger partial charge on any atom is 0.227 e. The van der Waals surface area contributed by atoms with Gasteiger partial charge in [0.05, 0.1) is 11.6 Å². The number of aromatic nitrogens is 2. The van der Waals surface area contributed by atoms with Crippen LogP contribution in [0.5, 0.6) is 0 Å². The van der Waals surface area contributed by atoms with Crippen LogP contribution in [0.4, 0.5) is 0 Å². The van der Waals surface area contributed by atoms with E-state index >= 15 is 0 Å². The molecule has 27 heavy (non-hydrogen) atoms. The molecule has 0 atom stereocenters. The van der Waals surface area contributed by atoms with E-state index in [0.29, 0.717) is 11.7 Å². The Hall–Kier alpha value is -2.97. The first-order valence-corrected chi connectivity index (χ1v) is 9.43. The van der Waals surface area contributed by atoms with E-state index in [0.717, 1.165) is 43.4 Å². The Morgan fingerprint density at radius 1 is 1.11 bits per heavy atom. The fourth-order valence-electron chi connectivity index (χ4n) is 3.61. The predicted molar refractivity (Wildman–Crippen MR) is 103 cm³/mol. The molecule has 0 unspecified atom stereocenters. The molecule has 0 aliphatic heterocycles. The number of benzene rings is 2. The van der Waals surface area contributed by atoms with Crippen LogP contribution < -0.4 is 5.32 Å². The molecule has 1 heterocycles. The van der Waals surface area contributed by atoms with Gasteiger partial charge in [0.1, 0.15) is 0 Å². The molecule has 1 N–H and O–H groups in total. The molecule has 1 aliphatic rings. The largest absolute Gasteiger partial charge is 0.339 e. The van der Waals surface area contributed by atoms with Crippen molar-refractivity contribution in [1.82, 2.24) is 15.5 Å². The minimum Gasteiger partial charge on any atom is -0.339 e. The van der Waals surface area contributed by atoms with Crippen LogP contribution in [0, 0.1) is 11.3 Å². The zero-order valence-corrected chi connectivity index (χ0v) is 15.2. The summed E-state index contributed by atoms with van der Waals surface area (Å²) in [6.45, 7) is 0.875. The second-order valence-corrected chi connectivity index (χ2v) is 7.04. The summed E-state index contributed by atoms with van der Waals surface area (Å²) in [5.74, 6) is 1.31. The van der Waals surface area contributed by atoms with E-state index < -0.39 is 0 Å². The lowest BCUT2D eigenvalue weighted by Gasteiger charge is -2.43. The van der Waals surface area contributed by atoms with Crippen molar-refractivity contribution in [2.45, 2.75) is 37.6 Å². The maximum absolute atomic E-state index is 9.15. The van der Waals surface area contributed by atoms with E-state index in [9.17, 15) is 0 Å². The summed E-state index contributed by atoms with van der Waals surface area (Å²) in [5.41, 5.74) is 2.92. The molecule has 136 valence electrons. The van der Waals surface area contributed by atoms with Crippen LogP contribution >= 0.6 is 0 Å². The van der Waals surface area contributed by atoms with E-state index in [4.69, 9.17) is 9.78 Å². The second-order valence-electron chi connectivity index (χ2n) is 7.04. The van der Waals surface area contributed by atoms with Crippen LogP contribution in [-0.4, -0.2) is 16.7 Å². The monoisotopic (exact) mass is 358 g/mol. The minimum atomic E-state index is 0.0108. The van der Waals surface area contributed by atoms with Gasteiger partial charge in [0.25, 0.3) is 0 Å². The molecule has 5 heteroatoms. The third-order valence-electron chi connectivity index (χ3n) is 5.28. The molecule has 0 saturated heterocycles. The van der Waals surface area contributed by atoms with E-state index in [1.165, 1.54) is 12.0 Å². The molecule has 0 radical (unpaired) electrons. The molecule has 3 aromatic rings. The molecular formula is C22H22N4O. The van der Waals surface area contributed by atoms with Gasteiger partial charge in [-0.15, -0.1) is 0 Å². The van der Waals surface area contributed by atoms with Gasteiger partial charge >= 0.3 is 0 Å². The van der Waals surface area contributed by atoms with E-state index in [2.05, 4.69) is 27.6 Å². The Morgan fingerprint density at radius 3 is 2.70 bits per heavy atom. The number of nitrogens with zero attached hydrogens (tertiary/aromatic N) is 3. The molecule has 5 nitrogen and oxygen atoms in total. The summed E-state index contributed by atoms with van der Waals surface area (Å²) in [4.78, 5) is 4.49. The van der Waals surface area contributed by atoms with Crippen LogP contribution in [0.25, 0.3) is 11.4 Å². The predicted octanol–water partition coefficient (Wildman–Crippen LogP) is 4.21. The van der Waals surface area contributed by atoms with Gasteiger partial charge in [0, 0.05) is 17.5 Å². The van der Waals surface area contributed by atoms with Gasteiger partial charge in [-0.3, -0.25) is 0 Å². The zero-order chi connectivity index (χ0) is 18.5. The summed E-state index contributed by atoms with van der Waals surface area (Å²) in [6.07, 6.45) is 5.12. The lowest BCUT2D eigenvalue weighted by atomic mass is 9.71. The fraction of sp³-hybridized carbons (Fsp3) is 0.318. The highest BCUT2D eigenvalue weighted by atomic mass is 16.5. The quantitative estimate of drug-likeness (QED) is 0.640. The summed E-state index contributed by atoms with van der Waals surface area (Å²) < 4.78 is 5.38. The highest BCUT2D eigenvalue weighted by Gasteiger charge is 2.37. The van der Waals surface area contributed by atoms with Crippen LogP contribution in [0.1, 0.15) is 42.7 Å². The van der Waals surface area contributed by atoms with Gasteiger partial charge in [-0.1, -0.05) is 47.6 Å². The molecule has 4 rings (SSSR count). The molecule has 0 bridgehead atoms. The van der Waals surface area contributed by atoms with Crippen molar-refractivity contribution in [3.05, 3.63) is 71.6 Å². The number of nitriles is 1. The van der Waals surface area contributed by atoms with Crippen LogP contribution in [0.2, 0.25) is 0 Å². The molecule has 0 amide bonds. The van der Waals surface area contributed by atoms with Crippen molar-refractivity contribution < 1.29 is 4.52 Å². The fourth-order valence-corrected chi connectivity index (χ4v) is 3.61. The topological polar surface area (TPSA) is 74.7 Å². The molecule has 1 aliphatic carbocycles. The SMILES string of the molecule is N#Cc1cccc(C2(NCCCc3nc(-c4ccccc4)no3)CCC2)c1. The van der Waals surface area contributed by atoms with Crippen molar-refractivity contribution in [2.75, 3.05) is 6.54 Å². The first kappa shape index (κ1) is 17.4.